The predicted octanol–water partition coefficient (Wildman–Crippen LogP) is 4.16. The number of nitrogens with one attached hydrogen (secondary N) is 1. The van der Waals surface area contributed by atoms with E-state index in [1.165, 1.54) is 25.3 Å². The number of methoxy groups -OCH3 is 1. The van der Waals surface area contributed by atoms with Crippen LogP contribution in [0.5, 0.6) is 5.75 Å². The second-order valence-electron chi connectivity index (χ2n) is 10.1. The van der Waals surface area contributed by atoms with Gasteiger partial charge in [-0.05, 0) is 51.2 Å². The van der Waals surface area contributed by atoms with Crippen LogP contribution in [-0.4, -0.2) is 70.3 Å². The highest BCUT2D eigenvalue weighted by atomic mass is 19.1. The molecule has 4 aromatic rings. The lowest BCUT2D eigenvalue weighted by Gasteiger charge is -2.22. The van der Waals surface area contributed by atoms with Gasteiger partial charge in [-0.1, -0.05) is 18.2 Å². The Morgan fingerprint density at radius 1 is 1.24 bits per heavy atom. The summed E-state index contributed by atoms with van der Waals surface area (Å²) >= 11 is 0. The SMILES string of the molecule is COc1cc(NC(=O)c2cccc(-c3nc([C@@H]4CCCN4C(=O)/C=C/CN(C)C)n4ccnc(N)c34)c2)ccc1F. The van der Waals surface area contributed by atoms with Crippen LogP contribution in [0.4, 0.5) is 15.9 Å². The Balaban J connectivity index is 1.48. The van der Waals surface area contributed by atoms with Crippen LogP contribution in [0.15, 0.2) is 67.0 Å². The normalized spacial score (nSPS) is 15.2. The number of nitrogens with two attached hydrogens (primary N) is 1. The van der Waals surface area contributed by atoms with Crippen LogP contribution in [0.25, 0.3) is 16.8 Å². The highest BCUT2D eigenvalue weighted by Crippen LogP contribution is 2.36. The number of hydrogen-bond donors (Lipinski definition) is 2. The van der Waals surface area contributed by atoms with Crippen LogP contribution in [0.1, 0.15) is 35.1 Å². The van der Waals surface area contributed by atoms with Gasteiger partial charge in [0.05, 0.1) is 13.2 Å². The average molecular weight is 558 g/mol. The second kappa shape index (κ2) is 11.8. The van der Waals surface area contributed by atoms with Gasteiger partial charge < -0.3 is 25.6 Å². The van der Waals surface area contributed by atoms with Crippen LogP contribution in [0, 0.1) is 5.82 Å². The number of ether oxygens (including phenoxy) is 1. The molecule has 1 atom stereocenters. The summed E-state index contributed by atoms with van der Waals surface area (Å²) in [5.74, 6) is 0.0381. The molecule has 41 heavy (non-hydrogen) atoms. The van der Waals surface area contributed by atoms with E-state index in [0.717, 1.165) is 12.8 Å². The second-order valence-corrected chi connectivity index (χ2v) is 10.1. The number of anilines is 2. The smallest absolute Gasteiger partial charge is 0.255 e. The molecule has 0 saturated carbocycles. The molecule has 0 bridgehead atoms. The van der Waals surface area contributed by atoms with Gasteiger partial charge in [-0.15, -0.1) is 0 Å². The van der Waals surface area contributed by atoms with E-state index in [9.17, 15) is 14.0 Å². The van der Waals surface area contributed by atoms with E-state index in [1.54, 1.807) is 36.7 Å². The molecular formula is C30H32FN7O3. The van der Waals surface area contributed by atoms with Gasteiger partial charge >= 0.3 is 0 Å². The molecule has 3 N–H and O–H groups in total. The number of hydrogen-bond acceptors (Lipinski definition) is 7. The molecule has 5 rings (SSSR count). The largest absolute Gasteiger partial charge is 0.494 e. The van der Waals surface area contributed by atoms with Crippen molar-refractivity contribution in [1.82, 2.24) is 24.2 Å². The molecule has 1 aliphatic rings. The van der Waals surface area contributed by atoms with Crippen molar-refractivity contribution < 1.29 is 18.7 Å². The van der Waals surface area contributed by atoms with Crippen molar-refractivity contribution in [3.8, 4) is 17.0 Å². The lowest BCUT2D eigenvalue weighted by Crippen LogP contribution is -2.30. The summed E-state index contributed by atoms with van der Waals surface area (Å²) in [4.78, 5) is 39.3. The lowest BCUT2D eigenvalue weighted by molar-refractivity contribution is -0.127. The molecule has 3 heterocycles. The Morgan fingerprint density at radius 2 is 2.07 bits per heavy atom. The fourth-order valence-electron chi connectivity index (χ4n) is 5.03. The van der Waals surface area contributed by atoms with Gasteiger partial charge in [0.1, 0.15) is 22.9 Å². The molecule has 212 valence electrons. The molecule has 2 aromatic heterocycles. The molecule has 0 radical (unpaired) electrons. The van der Waals surface area contributed by atoms with E-state index in [-0.39, 0.29) is 29.4 Å². The van der Waals surface area contributed by atoms with Gasteiger partial charge in [0.15, 0.2) is 11.6 Å². The number of benzene rings is 2. The number of nitrogen functional groups attached to an aromatic ring is 1. The number of imidazole rings is 1. The summed E-state index contributed by atoms with van der Waals surface area (Å²) < 4.78 is 20.7. The van der Waals surface area contributed by atoms with Crippen molar-refractivity contribution in [3.05, 3.63) is 84.2 Å². The van der Waals surface area contributed by atoms with Crippen LogP contribution in [0.3, 0.4) is 0 Å². The van der Waals surface area contributed by atoms with E-state index in [1.807, 2.05) is 40.4 Å². The van der Waals surface area contributed by atoms with E-state index >= 15 is 0 Å². The summed E-state index contributed by atoms with van der Waals surface area (Å²) in [6.07, 6.45) is 8.48. The molecule has 1 aliphatic heterocycles. The van der Waals surface area contributed by atoms with E-state index in [0.29, 0.717) is 46.9 Å². The van der Waals surface area contributed by atoms with Gasteiger partial charge in [0, 0.05) is 54.4 Å². The Hall–Kier alpha value is -4.77. The molecule has 0 spiro atoms. The summed E-state index contributed by atoms with van der Waals surface area (Å²) in [7, 11) is 5.26. The number of likely N-dealkylation sites (N-methyl/N-ethyl adjacent to an activating group) is 1. The Bertz CT molecular complexity index is 1630. The van der Waals surface area contributed by atoms with Crippen LogP contribution < -0.4 is 15.8 Å². The first-order chi connectivity index (χ1) is 19.8. The number of amides is 2. The molecule has 2 aromatic carbocycles. The van der Waals surface area contributed by atoms with Gasteiger partial charge in [0.2, 0.25) is 5.91 Å². The molecule has 11 heteroatoms. The summed E-state index contributed by atoms with van der Waals surface area (Å²) in [5.41, 5.74) is 8.94. The Kier molecular flexibility index (Phi) is 7.97. The highest BCUT2D eigenvalue weighted by molar-refractivity contribution is 6.05. The maximum atomic E-state index is 13.8. The summed E-state index contributed by atoms with van der Waals surface area (Å²) in [6, 6.07) is 10.9. The predicted molar refractivity (Wildman–Crippen MR) is 155 cm³/mol. The van der Waals surface area contributed by atoms with E-state index in [4.69, 9.17) is 15.5 Å². The van der Waals surface area contributed by atoms with Crippen LogP contribution in [-0.2, 0) is 4.79 Å². The van der Waals surface area contributed by atoms with Crippen molar-refractivity contribution >= 4 is 28.8 Å². The number of likely N-dealkylation sites (tertiary alicyclic amines) is 1. The lowest BCUT2D eigenvalue weighted by atomic mass is 10.1. The van der Waals surface area contributed by atoms with Crippen molar-refractivity contribution in [2.75, 3.05) is 45.3 Å². The van der Waals surface area contributed by atoms with Gasteiger partial charge in [-0.25, -0.2) is 14.4 Å². The number of carbonyl (C=O) groups is 2. The quantitative estimate of drug-likeness (QED) is 0.312. The molecule has 2 amide bonds. The third-order valence-corrected chi connectivity index (χ3v) is 6.98. The Labute approximate surface area is 237 Å². The van der Waals surface area contributed by atoms with Gasteiger partial charge in [-0.2, -0.15) is 0 Å². The summed E-state index contributed by atoms with van der Waals surface area (Å²) in [6.45, 7) is 1.30. The number of carbonyl (C=O) groups excluding carboxylic acids is 2. The van der Waals surface area contributed by atoms with E-state index < -0.39 is 5.82 Å². The average Bonchev–Trinajstić information content (AvgIpc) is 3.60. The van der Waals surface area contributed by atoms with Crippen molar-refractivity contribution in [1.29, 1.82) is 0 Å². The highest BCUT2D eigenvalue weighted by Gasteiger charge is 2.33. The van der Waals surface area contributed by atoms with Crippen molar-refractivity contribution in [2.24, 2.45) is 0 Å². The van der Waals surface area contributed by atoms with Gasteiger partial charge in [-0.3, -0.25) is 14.0 Å². The topological polar surface area (TPSA) is 118 Å². The van der Waals surface area contributed by atoms with Crippen molar-refractivity contribution in [3.63, 3.8) is 0 Å². The minimum absolute atomic E-state index is 0.0316. The molecule has 1 saturated heterocycles. The number of rotatable bonds is 8. The minimum Gasteiger partial charge on any atom is -0.494 e. The summed E-state index contributed by atoms with van der Waals surface area (Å²) in [5, 5.41) is 2.78. The standard InChI is InChI=1S/C30H32FN7O3/c1-36(2)14-6-10-25(39)37-15-5-9-23(37)29-35-26(27-28(32)33-13-16-38(27)29)19-7-4-8-20(17-19)30(40)34-21-11-12-22(31)24(18-21)41-3/h4,6-8,10-13,16-18,23H,5,9,14-15H2,1-3H3,(H2,32,33)(H,34,40)/b10-6+/t23-/m0/s1. The molecule has 0 unspecified atom stereocenters. The maximum Gasteiger partial charge on any atom is 0.255 e. The van der Waals surface area contributed by atoms with Crippen LogP contribution in [0.2, 0.25) is 0 Å². The first-order valence-corrected chi connectivity index (χ1v) is 13.3. The number of nitrogens with zero attached hydrogens (tertiary/aromatic N) is 5. The number of halogens is 1. The molecule has 1 fully saturated rings. The minimum atomic E-state index is -0.520. The number of aromatic nitrogens is 3. The first kappa shape index (κ1) is 27.8. The fourth-order valence-corrected chi connectivity index (χ4v) is 5.03. The van der Waals surface area contributed by atoms with Crippen molar-refractivity contribution in [2.45, 2.75) is 18.9 Å². The molecule has 10 nitrogen and oxygen atoms in total. The molecular weight excluding hydrogens is 525 g/mol. The van der Waals surface area contributed by atoms with E-state index in [2.05, 4.69) is 10.3 Å². The zero-order valence-electron chi connectivity index (χ0n) is 23.2. The third kappa shape index (κ3) is 5.75. The zero-order valence-corrected chi connectivity index (χ0v) is 23.2. The Morgan fingerprint density at radius 3 is 2.85 bits per heavy atom. The third-order valence-electron chi connectivity index (χ3n) is 6.98. The maximum absolute atomic E-state index is 13.8. The van der Waals surface area contributed by atoms with Crippen LogP contribution >= 0.6 is 0 Å². The molecule has 0 aliphatic carbocycles. The fraction of sp³-hybridized carbons (Fsp3) is 0.267. The van der Waals surface area contributed by atoms with Gasteiger partial charge in [0.25, 0.3) is 5.91 Å². The zero-order chi connectivity index (χ0) is 29.1. The monoisotopic (exact) mass is 557 g/mol. The first-order valence-electron chi connectivity index (χ1n) is 13.3. The number of fused-ring (bicyclic) bond motifs is 1.